The van der Waals surface area contributed by atoms with Crippen molar-refractivity contribution in [3.05, 3.63) is 24.3 Å². The second-order valence-corrected chi connectivity index (χ2v) is 7.19. The van der Waals surface area contributed by atoms with Crippen molar-refractivity contribution in [2.45, 2.75) is 71.9 Å². The second kappa shape index (κ2) is 7.72. The fourth-order valence-corrected chi connectivity index (χ4v) is 3.44. The molecule has 1 N–H and O–H groups in total. The number of ether oxygens (including phenoxy) is 1. The molecular formula is C19H31NO. The summed E-state index contributed by atoms with van der Waals surface area (Å²) < 4.78 is 5.69. The predicted molar refractivity (Wildman–Crippen MR) is 91.0 cm³/mol. The Bertz CT molecular complexity index is 410. The summed E-state index contributed by atoms with van der Waals surface area (Å²) in [5.41, 5.74) is 1.22. The fourth-order valence-electron chi connectivity index (χ4n) is 3.44. The van der Waals surface area contributed by atoms with E-state index in [1.165, 1.54) is 37.8 Å². The van der Waals surface area contributed by atoms with E-state index in [4.69, 9.17) is 4.74 Å². The molecule has 1 aromatic carbocycles. The van der Waals surface area contributed by atoms with Crippen molar-refractivity contribution < 1.29 is 4.74 Å². The van der Waals surface area contributed by atoms with Crippen LogP contribution in [0.25, 0.3) is 0 Å². The quantitative estimate of drug-likeness (QED) is 0.747. The average Bonchev–Trinajstić information content (AvgIpc) is 2.40. The highest BCUT2D eigenvalue weighted by Gasteiger charge is 2.22. The lowest BCUT2D eigenvalue weighted by atomic mass is 9.81. The smallest absolute Gasteiger partial charge is 0.119 e. The summed E-state index contributed by atoms with van der Waals surface area (Å²) >= 11 is 0. The maximum Gasteiger partial charge on any atom is 0.119 e. The van der Waals surface area contributed by atoms with Gasteiger partial charge in [0.05, 0.1) is 6.10 Å². The van der Waals surface area contributed by atoms with Gasteiger partial charge in [0.25, 0.3) is 0 Å². The van der Waals surface area contributed by atoms with Gasteiger partial charge in [0.1, 0.15) is 5.75 Å². The molecule has 0 bridgehead atoms. The Kier molecular flexibility index (Phi) is 5.96. The zero-order chi connectivity index (χ0) is 15.2. The molecular weight excluding hydrogens is 258 g/mol. The molecule has 2 rings (SSSR count). The van der Waals surface area contributed by atoms with Gasteiger partial charge in [0, 0.05) is 11.7 Å². The Morgan fingerprint density at radius 2 is 1.81 bits per heavy atom. The number of hydrogen-bond donors (Lipinski definition) is 1. The van der Waals surface area contributed by atoms with Crippen LogP contribution in [0.4, 0.5) is 5.69 Å². The monoisotopic (exact) mass is 289 g/mol. The molecule has 1 aliphatic carbocycles. The number of hydrogen-bond acceptors (Lipinski definition) is 2. The van der Waals surface area contributed by atoms with Gasteiger partial charge in [-0.15, -0.1) is 0 Å². The van der Waals surface area contributed by atoms with E-state index in [2.05, 4.69) is 57.3 Å². The molecule has 1 saturated carbocycles. The van der Waals surface area contributed by atoms with Gasteiger partial charge in [-0.3, -0.25) is 0 Å². The molecule has 2 heteroatoms. The number of nitrogens with one attached hydrogen (secondary N) is 1. The van der Waals surface area contributed by atoms with Gasteiger partial charge < -0.3 is 10.1 Å². The topological polar surface area (TPSA) is 21.3 Å². The van der Waals surface area contributed by atoms with Crippen LogP contribution in [0.2, 0.25) is 0 Å². The number of anilines is 1. The first kappa shape index (κ1) is 16.2. The fraction of sp³-hybridized carbons (Fsp3) is 0.684. The second-order valence-electron chi connectivity index (χ2n) is 7.19. The summed E-state index contributed by atoms with van der Waals surface area (Å²) in [4.78, 5) is 0. The molecule has 21 heavy (non-hydrogen) atoms. The zero-order valence-corrected chi connectivity index (χ0v) is 14.1. The minimum Gasteiger partial charge on any atom is -0.491 e. The van der Waals surface area contributed by atoms with E-state index in [0.717, 1.165) is 17.6 Å². The third-order valence-electron chi connectivity index (χ3n) is 4.18. The van der Waals surface area contributed by atoms with Crippen LogP contribution in [0, 0.1) is 11.8 Å². The molecule has 1 aliphatic rings. The molecule has 1 fully saturated rings. The summed E-state index contributed by atoms with van der Waals surface area (Å²) in [6.45, 7) is 8.79. The van der Waals surface area contributed by atoms with Crippen LogP contribution < -0.4 is 10.1 Å². The number of rotatable bonds is 6. The van der Waals surface area contributed by atoms with Gasteiger partial charge in [0.15, 0.2) is 0 Å². The maximum absolute atomic E-state index is 5.69. The molecule has 0 saturated heterocycles. The van der Waals surface area contributed by atoms with Gasteiger partial charge in [-0.05, 0) is 69.2 Å². The molecule has 2 atom stereocenters. The van der Waals surface area contributed by atoms with Crippen LogP contribution in [0.1, 0.15) is 59.8 Å². The van der Waals surface area contributed by atoms with Crippen LogP contribution in [0.15, 0.2) is 24.3 Å². The first-order valence-corrected chi connectivity index (χ1v) is 8.56. The Morgan fingerprint density at radius 3 is 2.43 bits per heavy atom. The summed E-state index contributed by atoms with van der Waals surface area (Å²) in [5.74, 6) is 2.68. The molecule has 1 aromatic rings. The summed E-state index contributed by atoms with van der Waals surface area (Å²) in [6.07, 6.45) is 7.01. The van der Waals surface area contributed by atoms with E-state index in [9.17, 15) is 0 Å². The third-order valence-corrected chi connectivity index (χ3v) is 4.18. The SMILES string of the molecule is CC(C)CC1CCCC(Nc2ccc(OC(C)C)cc2)C1. The minimum absolute atomic E-state index is 0.235. The Labute approximate surface area is 130 Å². The van der Waals surface area contributed by atoms with E-state index >= 15 is 0 Å². The maximum atomic E-state index is 5.69. The highest BCUT2D eigenvalue weighted by molar-refractivity contribution is 5.47. The molecule has 0 spiro atoms. The van der Waals surface area contributed by atoms with Gasteiger partial charge in [0.2, 0.25) is 0 Å². The standard InChI is InChI=1S/C19H31NO/c1-14(2)12-16-6-5-7-18(13-16)20-17-8-10-19(11-9-17)21-15(3)4/h8-11,14-16,18,20H,5-7,12-13H2,1-4H3. The zero-order valence-electron chi connectivity index (χ0n) is 14.1. The van der Waals surface area contributed by atoms with Crippen molar-refractivity contribution in [1.29, 1.82) is 0 Å². The third kappa shape index (κ3) is 5.61. The predicted octanol–water partition coefficient (Wildman–Crippen LogP) is 5.49. The summed E-state index contributed by atoms with van der Waals surface area (Å²) in [6, 6.07) is 9.06. The molecule has 2 nitrogen and oxygen atoms in total. The largest absolute Gasteiger partial charge is 0.491 e. The lowest BCUT2D eigenvalue weighted by Crippen LogP contribution is -2.27. The summed E-state index contributed by atoms with van der Waals surface area (Å²) in [5, 5.41) is 3.71. The van der Waals surface area contributed by atoms with Crippen molar-refractivity contribution in [3.63, 3.8) is 0 Å². The molecule has 0 aliphatic heterocycles. The molecule has 2 unspecified atom stereocenters. The summed E-state index contributed by atoms with van der Waals surface area (Å²) in [7, 11) is 0. The highest BCUT2D eigenvalue weighted by Crippen LogP contribution is 2.31. The first-order chi connectivity index (χ1) is 10.0. The molecule has 0 amide bonds. The van der Waals surface area contributed by atoms with Crippen LogP contribution >= 0.6 is 0 Å². The van der Waals surface area contributed by atoms with E-state index < -0.39 is 0 Å². The normalized spacial score (nSPS) is 22.6. The van der Waals surface area contributed by atoms with Crippen molar-refractivity contribution >= 4 is 5.69 Å². The number of benzene rings is 1. The van der Waals surface area contributed by atoms with E-state index in [-0.39, 0.29) is 6.10 Å². The molecule has 0 aromatic heterocycles. The Morgan fingerprint density at radius 1 is 1.10 bits per heavy atom. The van der Waals surface area contributed by atoms with E-state index in [0.29, 0.717) is 6.04 Å². The van der Waals surface area contributed by atoms with Crippen LogP contribution in [0.3, 0.4) is 0 Å². The van der Waals surface area contributed by atoms with Crippen molar-refractivity contribution in [3.8, 4) is 5.75 Å². The Balaban J connectivity index is 1.86. The Hall–Kier alpha value is -1.18. The first-order valence-electron chi connectivity index (χ1n) is 8.56. The van der Waals surface area contributed by atoms with Gasteiger partial charge in [-0.1, -0.05) is 26.7 Å². The van der Waals surface area contributed by atoms with Gasteiger partial charge in [-0.2, -0.15) is 0 Å². The van der Waals surface area contributed by atoms with Crippen molar-refractivity contribution in [2.75, 3.05) is 5.32 Å². The van der Waals surface area contributed by atoms with Crippen molar-refractivity contribution in [1.82, 2.24) is 0 Å². The van der Waals surface area contributed by atoms with Gasteiger partial charge in [-0.25, -0.2) is 0 Å². The lowest BCUT2D eigenvalue weighted by molar-refractivity contribution is 0.242. The van der Waals surface area contributed by atoms with Crippen molar-refractivity contribution in [2.24, 2.45) is 11.8 Å². The molecule has 0 heterocycles. The van der Waals surface area contributed by atoms with E-state index in [1.807, 2.05) is 0 Å². The highest BCUT2D eigenvalue weighted by atomic mass is 16.5. The van der Waals surface area contributed by atoms with E-state index in [1.54, 1.807) is 0 Å². The van der Waals surface area contributed by atoms with Crippen LogP contribution in [0.5, 0.6) is 5.75 Å². The van der Waals surface area contributed by atoms with Crippen LogP contribution in [-0.2, 0) is 0 Å². The van der Waals surface area contributed by atoms with Crippen LogP contribution in [-0.4, -0.2) is 12.1 Å². The average molecular weight is 289 g/mol. The lowest BCUT2D eigenvalue weighted by Gasteiger charge is -2.31. The molecule has 118 valence electrons. The van der Waals surface area contributed by atoms with Gasteiger partial charge >= 0.3 is 0 Å². The minimum atomic E-state index is 0.235. The molecule has 0 radical (unpaired) electrons.